The van der Waals surface area contributed by atoms with E-state index in [1.165, 1.54) is 0 Å². The van der Waals surface area contributed by atoms with Crippen LogP contribution in [0.25, 0.3) is 0 Å². The van der Waals surface area contributed by atoms with Crippen LogP contribution >= 0.6 is 11.8 Å². The molecule has 0 bridgehead atoms. The van der Waals surface area contributed by atoms with E-state index in [1.54, 1.807) is 23.6 Å². The van der Waals surface area contributed by atoms with Crippen molar-refractivity contribution < 1.29 is 19.8 Å². The Kier molecular flexibility index (Phi) is 5.06. The Bertz CT molecular complexity index is 415. The van der Waals surface area contributed by atoms with Crippen LogP contribution in [0.1, 0.15) is 13.3 Å². The molecule has 7 heteroatoms. The number of thioether (sulfide) groups is 1. The van der Waals surface area contributed by atoms with Crippen LogP contribution in [0.5, 0.6) is 0 Å². The predicted octanol–water partition coefficient (Wildman–Crippen LogP) is 0.0927. The second kappa shape index (κ2) is 6.60. The maximum atomic E-state index is 11.8. The van der Waals surface area contributed by atoms with Crippen LogP contribution in [0.4, 0.5) is 0 Å². The van der Waals surface area contributed by atoms with Gasteiger partial charge in [-0.3, -0.25) is 9.59 Å². The fraction of sp³-hybridized carbons (Fsp3) is 0.692. The SMILES string of the molecule is CC(C(=O)O)C(CO)CCNC1C(=O)N2C=CCS[C@@H]12. The first-order chi connectivity index (χ1) is 9.56. The Morgan fingerprint density at radius 3 is 3.05 bits per heavy atom. The lowest BCUT2D eigenvalue weighted by molar-refractivity contribution is -0.144. The van der Waals surface area contributed by atoms with Crippen LogP contribution in [0, 0.1) is 11.8 Å². The minimum Gasteiger partial charge on any atom is -0.481 e. The number of β-lactam (4-membered cyclic amide) rings is 1. The summed E-state index contributed by atoms with van der Waals surface area (Å²) >= 11 is 1.71. The number of carbonyl (C=O) groups is 2. The highest BCUT2D eigenvalue weighted by Gasteiger charge is 2.47. The fourth-order valence-electron chi connectivity index (χ4n) is 2.45. The van der Waals surface area contributed by atoms with Crippen molar-refractivity contribution in [3.8, 4) is 0 Å². The lowest BCUT2D eigenvalue weighted by Gasteiger charge is -2.46. The summed E-state index contributed by atoms with van der Waals surface area (Å²) in [6.45, 7) is 1.98. The fourth-order valence-corrected chi connectivity index (χ4v) is 3.58. The van der Waals surface area contributed by atoms with Gasteiger partial charge < -0.3 is 20.4 Å². The zero-order valence-corrected chi connectivity index (χ0v) is 12.2. The van der Waals surface area contributed by atoms with Crippen molar-refractivity contribution in [2.24, 2.45) is 11.8 Å². The van der Waals surface area contributed by atoms with Crippen molar-refractivity contribution in [2.75, 3.05) is 18.9 Å². The van der Waals surface area contributed by atoms with E-state index in [9.17, 15) is 14.7 Å². The van der Waals surface area contributed by atoms with Crippen LogP contribution < -0.4 is 5.32 Å². The minimum absolute atomic E-state index is 0.0604. The topological polar surface area (TPSA) is 89.9 Å². The molecule has 2 rings (SSSR count). The monoisotopic (exact) mass is 300 g/mol. The smallest absolute Gasteiger partial charge is 0.306 e. The first-order valence-electron chi connectivity index (χ1n) is 6.73. The molecule has 3 N–H and O–H groups in total. The van der Waals surface area contributed by atoms with Crippen LogP contribution in [0.15, 0.2) is 12.3 Å². The Morgan fingerprint density at radius 1 is 1.65 bits per heavy atom. The second-order valence-electron chi connectivity index (χ2n) is 5.14. The van der Waals surface area contributed by atoms with Crippen LogP contribution in [-0.4, -0.2) is 57.3 Å². The number of hydrogen-bond donors (Lipinski definition) is 3. The summed E-state index contributed by atoms with van der Waals surface area (Å²) in [4.78, 5) is 24.5. The summed E-state index contributed by atoms with van der Waals surface area (Å²) in [5.74, 6) is -0.803. The van der Waals surface area contributed by atoms with Crippen molar-refractivity contribution in [3.63, 3.8) is 0 Å². The van der Waals surface area contributed by atoms with Gasteiger partial charge in [0.15, 0.2) is 0 Å². The number of aliphatic hydroxyl groups excluding tert-OH is 1. The van der Waals surface area contributed by atoms with E-state index in [0.717, 1.165) is 5.75 Å². The molecule has 0 aliphatic carbocycles. The summed E-state index contributed by atoms with van der Waals surface area (Å²) in [6.07, 6.45) is 4.33. The van der Waals surface area contributed by atoms with Crippen LogP contribution in [-0.2, 0) is 9.59 Å². The third kappa shape index (κ3) is 2.99. The summed E-state index contributed by atoms with van der Waals surface area (Å²) in [6, 6.07) is -0.190. The van der Waals surface area contributed by atoms with Gasteiger partial charge in [-0.1, -0.05) is 13.0 Å². The Morgan fingerprint density at radius 2 is 2.40 bits per heavy atom. The Balaban J connectivity index is 1.77. The van der Waals surface area contributed by atoms with Crippen molar-refractivity contribution in [1.29, 1.82) is 0 Å². The van der Waals surface area contributed by atoms with Gasteiger partial charge in [0.05, 0.1) is 5.92 Å². The lowest BCUT2D eigenvalue weighted by Crippen LogP contribution is -2.67. The summed E-state index contributed by atoms with van der Waals surface area (Å²) in [5.41, 5.74) is 0. The zero-order valence-electron chi connectivity index (χ0n) is 11.4. The second-order valence-corrected chi connectivity index (χ2v) is 6.29. The number of aliphatic carboxylic acids is 1. The average molecular weight is 300 g/mol. The molecule has 112 valence electrons. The average Bonchev–Trinajstić information content (AvgIpc) is 2.46. The molecule has 2 heterocycles. The molecule has 4 atom stereocenters. The van der Waals surface area contributed by atoms with Gasteiger partial charge in [-0.05, 0) is 18.9 Å². The van der Waals surface area contributed by atoms with E-state index < -0.39 is 11.9 Å². The number of hydrogen-bond acceptors (Lipinski definition) is 5. The van der Waals surface area contributed by atoms with Gasteiger partial charge in [-0.25, -0.2) is 0 Å². The molecule has 20 heavy (non-hydrogen) atoms. The highest BCUT2D eigenvalue weighted by Crippen LogP contribution is 2.33. The van der Waals surface area contributed by atoms with Crippen molar-refractivity contribution in [1.82, 2.24) is 10.2 Å². The number of fused-ring (bicyclic) bond motifs is 1. The van der Waals surface area contributed by atoms with E-state index in [2.05, 4.69) is 5.32 Å². The number of amides is 1. The van der Waals surface area contributed by atoms with Gasteiger partial charge in [0, 0.05) is 18.6 Å². The molecule has 1 fully saturated rings. The molecule has 1 amide bonds. The first-order valence-corrected chi connectivity index (χ1v) is 7.78. The van der Waals surface area contributed by atoms with Gasteiger partial charge in [0.1, 0.15) is 11.4 Å². The molecule has 3 unspecified atom stereocenters. The molecule has 0 saturated carbocycles. The van der Waals surface area contributed by atoms with Gasteiger partial charge in [-0.15, -0.1) is 11.8 Å². The van der Waals surface area contributed by atoms with Gasteiger partial charge in [0.25, 0.3) is 0 Å². The van der Waals surface area contributed by atoms with E-state index >= 15 is 0 Å². The molecule has 6 nitrogen and oxygen atoms in total. The number of carboxylic acids is 1. The van der Waals surface area contributed by atoms with Crippen LogP contribution in [0.3, 0.4) is 0 Å². The molecule has 0 spiro atoms. The molecule has 1 saturated heterocycles. The molecule has 0 aromatic carbocycles. The quantitative estimate of drug-likeness (QED) is 0.578. The van der Waals surface area contributed by atoms with Crippen LogP contribution in [0.2, 0.25) is 0 Å². The maximum Gasteiger partial charge on any atom is 0.306 e. The van der Waals surface area contributed by atoms with E-state index in [-0.39, 0.29) is 29.8 Å². The third-order valence-electron chi connectivity index (χ3n) is 3.92. The van der Waals surface area contributed by atoms with Gasteiger partial charge in [0.2, 0.25) is 5.91 Å². The molecule has 2 aliphatic heterocycles. The third-order valence-corrected chi connectivity index (χ3v) is 5.15. The molecular weight excluding hydrogens is 280 g/mol. The number of carboxylic acid groups (broad SMARTS) is 1. The molecule has 2 aliphatic rings. The zero-order chi connectivity index (χ0) is 14.7. The summed E-state index contributed by atoms with van der Waals surface area (Å²) < 4.78 is 0. The number of nitrogens with zero attached hydrogens (tertiary/aromatic N) is 1. The normalized spacial score (nSPS) is 27.7. The molecule has 0 aromatic rings. The summed E-state index contributed by atoms with van der Waals surface area (Å²) in [7, 11) is 0. The Labute approximate surface area is 122 Å². The number of nitrogens with one attached hydrogen (secondary N) is 1. The largest absolute Gasteiger partial charge is 0.481 e. The van der Waals surface area contributed by atoms with E-state index in [1.807, 2.05) is 12.3 Å². The maximum absolute atomic E-state index is 11.8. The van der Waals surface area contributed by atoms with Gasteiger partial charge in [-0.2, -0.15) is 0 Å². The lowest BCUT2D eigenvalue weighted by atomic mass is 9.91. The Hall–Kier alpha value is -1.05. The number of carbonyl (C=O) groups excluding carboxylic acids is 1. The number of aliphatic hydroxyl groups is 1. The molecular formula is C13H20N2O4S. The van der Waals surface area contributed by atoms with E-state index in [4.69, 9.17) is 5.11 Å². The minimum atomic E-state index is -0.900. The molecule has 0 aromatic heterocycles. The highest BCUT2D eigenvalue weighted by atomic mass is 32.2. The van der Waals surface area contributed by atoms with Crippen molar-refractivity contribution >= 4 is 23.6 Å². The van der Waals surface area contributed by atoms with E-state index in [0.29, 0.717) is 13.0 Å². The number of rotatable bonds is 7. The highest BCUT2D eigenvalue weighted by molar-refractivity contribution is 8.00. The first kappa shape index (κ1) is 15.3. The summed E-state index contributed by atoms with van der Waals surface area (Å²) in [5, 5.41) is 21.5. The predicted molar refractivity (Wildman–Crippen MR) is 76.0 cm³/mol. The molecule has 0 radical (unpaired) electrons. The standard InChI is InChI=1S/C13H20N2O4S/c1-8(13(18)19)9(7-16)3-4-14-10-11(17)15-5-2-6-20-12(10)15/h2,5,8-10,12,14,16H,3-4,6-7H2,1H3,(H,18,19)/t8?,9?,10?,12-/m0/s1. The van der Waals surface area contributed by atoms with Crippen molar-refractivity contribution in [2.45, 2.75) is 24.8 Å². The van der Waals surface area contributed by atoms with Gasteiger partial charge >= 0.3 is 5.97 Å². The van der Waals surface area contributed by atoms with Crippen molar-refractivity contribution in [3.05, 3.63) is 12.3 Å².